The Labute approximate surface area is 207 Å². The third-order valence-corrected chi connectivity index (χ3v) is 6.56. The SMILES string of the molecule is CCCCC(O)C(CCc1ncnc(Oc2ccc(C(C)(C)C)cc2C(C)(C)C)n1)C(C)(C)C. The molecule has 1 aromatic carbocycles. The molecule has 2 rings (SSSR count). The van der Waals surface area contributed by atoms with Crippen molar-refractivity contribution in [2.75, 3.05) is 0 Å². The van der Waals surface area contributed by atoms with Gasteiger partial charge >= 0.3 is 6.01 Å². The van der Waals surface area contributed by atoms with E-state index in [4.69, 9.17) is 4.74 Å². The Balaban J connectivity index is 2.23. The third-order valence-electron chi connectivity index (χ3n) is 6.56. The molecule has 0 aliphatic carbocycles. The van der Waals surface area contributed by atoms with Crippen LogP contribution < -0.4 is 4.74 Å². The number of rotatable bonds is 9. The van der Waals surface area contributed by atoms with Gasteiger partial charge in [0.05, 0.1) is 6.10 Å². The van der Waals surface area contributed by atoms with E-state index in [0.29, 0.717) is 18.3 Å². The van der Waals surface area contributed by atoms with Crippen molar-refractivity contribution in [1.29, 1.82) is 0 Å². The van der Waals surface area contributed by atoms with Gasteiger partial charge in [-0.15, -0.1) is 0 Å². The van der Waals surface area contributed by atoms with Crippen molar-refractivity contribution in [2.24, 2.45) is 11.3 Å². The van der Waals surface area contributed by atoms with Crippen LogP contribution in [0.4, 0.5) is 0 Å². The number of benzene rings is 1. The zero-order chi connectivity index (χ0) is 25.7. The monoisotopic (exact) mass is 469 g/mol. The van der Waals surface area contributed by atoms with Gasteiger partial charge in [0, 0.05) is 12.0 Å². The summed E-state index contributed by atoms with van der Waals surface area (Å²) in [5.41, 5.74) is 2.39. The summed E-state index contributed by atoms with van der Waals surface area (Å²) in [5, 5.41) is 10.8. The standard InChI is InChI=1S/C29H47N3O2/c1-11-12-13-23(33)21(28(5,6)7)15-17-25-30-19-31-26(32-25)34-24-16-14-20(27(2,3)4)18-22(24)29(8,9)10/h14,16,18-19,21,23,33H,11-13,15,17H2,1-10H3. The molecular weight excluding hydrogens is 422 g/mol. The van der Waals surface area contributed by atoms with E-state index in [1.54, 1.807) is 0 Å². The molecule has 1 heterocycles. The zero-order valence-electron chi connectivity index (χ0n) is 23.2. The van der Waals surface area contributed by atoms with Gasteiger partial charge in [-0.1, -0.05) is 94.2 Å². The van der Waals surface area contributed by atoms with Crippen molar-refractivity contribution in [1.82, 2.24) is 15.0 Å². The van der Waals surface area contributed by atoms with Crippen molar-refractivity contribution in [2.45, 2.75) is 118 Å². The number of aromatic nitrogens is 3. The van der Waals surface area contributed by atoms with Gasteiger partial charge in [0.15, 0.2) is 0 Å². The molecule has 1 aromatic heterocycles. The summed E-state index contributed by atoms with van der Waals surface area (Å²) in [6.07, 6.45) is 5.69. The fraction of sp³-hybridized carbons (Fsp3) is 0.690. The average molecular weight is 470 g/mol. The Kier molecular flexibility index (Phi) is 9.26. The minimum Gasteiger partial charge on any atom is -0.424 e. The highest BCUT2D eigenvalue weighted by Gasteiger charge is 2.31. The van der Waals surface area contributed by atoms with Crippen LogP contribution in [0.3, 0.4) is 0 Å². The molecule has 0 spiro atoms. The van der Waals surface area contributed by atoms with Gasteiger partial charge in [0.1, 0.15) is 17.9 Å². The molecule has 0 aliphatic heterocycles. The summed E-state index contributed by atoms with van der Waals surface area (Å²) < 4.78 is 6.21. The van der Waals surface area contributed by atoms with Crippen LogP contribution in [0.25, 0.3) is 0 Å². The van der Waals surface area contributed by atoms with Crippen LogP contribution in [0.15, 0.2) is 24.5 Å². The van der Waals surface area contributed by atoms with Gasteiger partial charge < -0.3 is 9.84 Å². The van der Waals surface area contributed by atoms with Crippen molar-refractivity contribution in [3.05, 3.63) is 41.5 Å². The molecule has 0 amide bonds. The zero-order valence-corrected chi connectivity index (χ0v) is 23.2. The van der Waals surface area contributed by atoms with E-state index < -0.39 is 0 Å². The highest BCUT2D eigenvalue weighted by molar-refractivity contribution is 5.44. The lowest BCUT2D eigenvalue weighted by molar-refractivity contribution is 0.0297. The number of hydrogen-bond acceptors (Lipinski definition) is 5. The van der Waals surface area contributed by atoms with Gasteiger partial charge in [-0.05, 0) is 46.6 Å². The second kappa shape index (κ2) is 11.2. The molecule has 0 radical (unpaired) electrons. The quantitative estimate of drug-likeness (QED) is 0.414. The molecule has 5 nitrogen and oxygen atoms in total. The first-order chi connectivity index (χ1) is 15.6. The van der Waals surface area contributed by atoms with Crippen LogP contribution in [-0.2, 0) is 17.3 Å². The summed E-state index contributed by atoms with van der Waals surface area (Å²) in [5.74, 6) is 1.66. The van der Waals surface area contributed by atoms with E-state index in [-0.39, 0.29) is 28.3 Å². The van der Waals surface area contributed by atoms with E-state index in [2.05, 4.69) is 96.3 Å². The van der Waals surface area contributed by atoms with E-state index in [1.807, 2.05) is 6.07 Å². The van der Waals surface area contributed by atoms with Crippen molar-refractivity contribution in [3.63, 3.8) is 0 Å². The van der Waals surface area contributed by atoms with Gasteiger partial charge in [-0.3, -0.25) is 0 Å². The lowest BCUT2D eigenvalue weighted by Crippen LogP contribution is -2.32. The van der Waals surface area contributed by atoms with Crippen LogP contribution >= 0.6 is 0 Å². The number of aryl methyl sites for hydroxylation is 1. The number of nitrogens with zero attached hydrogens (tertiary/aromatic N) is 3. The van der Waals surface area contributed by atoms with Crippen LogP contribution in [0.2, 0.25) is 0 Å². The molecule has 0 bridgehead atoms. The lowest BCUT2D eigenvalue weighted by atomic mass is 9.73. The van der Waals surface area contributed by atoms with Crippen LogP contribution in [0, 0.1) is 11.3 Å². The Bertz CT molecular complexity index is 920. The fourth-order valence-corrected chi connectivity index (χ4v) is 4.35. The molecule has 2 unspecified atom stereocenters. The Morgan fingerprint density at radius 3 is 2.15 bits per heavy atom. The fourth-order valence-electron chi connectivity index (χ4n) is 4.35. The molecule has 1 N–H and O–H groups in total. The molecule has 2 atom stereocenters. The first-order valence-electron chi connectivity index (χ1n) is 12.8. The Hall–Kier alpha value is -2.01. The maximum Gasteiger partial charge on any atom is 0.325 e. The maximum atomic E-state index is 10.8. The molecule has 190 valence electrons. The smallest absolute Gasteiger partial charge is 0.325 e. The summed E-state index contributed by atoms with van der Waals surface area (Å²) in [6, 6.07) is 6.71. The molecule has 0 fully saturated rings. The summed E-state index contributed by atoms with van der Waals surface area (Å²) in [7, 11) is 0. The van der Waals surface area contributed by atoms with E-state index >= 15 is 0 Å². The number of hydrogen-bond donors (Lipinski definition) is 1. The molecule has 0 saturated heterocycles. The minimum absolute atomic E-state index is 0.00985. The largest absolute Gasteiger partial charge is 0.424 e. The summed E-state index contributed by atoms with van der Waals surface area (Å²) in [4.78, 5) is 13.3. The van der Waals surface area contributed by atoms with Gasteiger partial charge in [0.25, 0.3) is 0 Å². The normalized spacial score (nSPS) is 14.7. The molecule has 5 heteroatoms. The number of aliphatic hydroxyl groups excluding tert-OH is 1. The van der Waals surface area contributed by atoms with E-state index in [1.165, 1.54) is 11.9 Å². The van der Waals surface area contributed by atoms with Crippen LogP contribution in [0.1, 0.15) is 112 Å². The van der Waals surface area contributed by atoms with Gasteiger partial charge in [-0.25, -0.2) is 4.98 Å². The molecule has 0 saturated carbocycles. The third kappa shape index (κ3) is 8.04. The van der Waals surface area contributed by atoms with Crippen LogP contribution in [0.5, 0.6) is 11.8 Å². The van der Waals surface area contributed by atoms with Crippen molar-refractivity contribution >= 4 is 0 Å². The van der Waals surface area contributed by atoms with Crippen molar-refractivity contribution in [3.8, 4) is 11.8 Å². The maximum absolute atomic E-state index is 10.8. The second-order valence-electron chi connectivity index (χ2n) is 12.7. The van der Waals surface area contributed by atoms with E-state index in [0.717, 1.165) is 37.0 Å². The van der Waals surface area contributed by atoms with Gasteiger partial charge in [0.2, 0.25) is 0 Å². The predicted molar refractivity (Wildman–Crippen MR) is 141 cm³/mol. The summed E-state index contributed by atoms with van der Waals surface area (Å²) >= 11 is 0. The van der Waals surface area contributed by atoms with Gasteiger partial charge in [-0.2, -0.15) is 9.97 Å². The predicted octanol–water partition coefficient (Wildman–Crippen LogP) is 7.40. The first-order valence-corrected chi connectivity index (χ1v) is 12.8. The molecule has 0 aliphatic rings. The lowest BCUT2D eigenvalue weighted by Gasteiger charge is -2.34. The second-order valence-corrected chi connectivity index (χ2v) is 12.7. The molecule has 34 heavy (non-hydrogen) atoms. The number of unbranched alkanes of at least 4 members (excludes halogenated alkanes) is 1. The minimum atomic E-state index is -0.312. The topological polar surface area (TPSA) is 68.1 Å². The highest BCUT2D eigenvalue weighted by Crippen LogP contribution is 2.37. The first kappa shape index (κ1) is 28.2. The highest BCUT2D eigenvalue weighted by atomic mass is 16.5. The molecule has 2 aromatic rings. The van der Waals surface area contributed by atoms with E-state index in [9.17, 15) is 5.11 Å². The van der Waals surface area contributed by atoms with Crippen LogP contribution in [-0.4, -0.2) is 26.2 Å². The van der Waals surface area contributed by atoms with Crippen molar-refractivity contribution < 1.29 is 9.84 Å². The average Bonchev–Trinajstić information content (AvgIpc) is 2.70. The summed E-state index contributed by atoms with van der Waals surface area (Å²) in [6.45, 7) is 22.0. The Morgan fingerprint density at radius 2 is 1.59 bits per heavy atom. The number of aliphatic hydroxyl groups is 1. The Morgan fingerprint density at radius 1 is 0.912 bits per heavy atom. The number of ether oxygens (including phenoxy) is 1. The molecular formula is C29H47N3O2.